The molecule has 0 fully saturated rings. The predicted octanol–water partition coefficient (Wildman–Crippen LogP) is 4.66. The number of ether oxygens (including phenoxy) is 1. The second kappa shape index (κ2) is 8.27. The first-order valence-electron chi connectivity index (χ1n) is 7.96. The summed E-state index contributed by atoms with van der Waals surface area (Å²) in [5.41, 5.74) is 1.92. The third-order valence-electron chi connectivity index (χ3n) is 3.71. The van der Waals surface area contributed by atoms with Crippen LogP contribution in [-0.4, -0.2) is 18.8 Å². The normalized spacial score (nSPS) is 11.0. The first-order chi connectivity index (χ1) is 12.7. The van der Waals surface area contributed by atoms with E-state index in [9.17, 15) is 9.59 Å². The van der Waals surface area contributed by atoms with Gasteiger partial charge in [-0.15, -0.1) is 0 Å². The number of anilines is 1. The fourth-order valence-corrected chi connectivity index (χ4v) is 3.02. The van der Waals surface area contributed by atoms with E-state index in [1.807, 2.05) is 22.9 Å². The Labute approximate surface area is 155 Å². The highest BCUT2D eigenvalue weighted by Crippen LogP contribution is 2.20. The molecule has 0 spiro atoms. The average Bonchev–Trinajstić information content (AvgIpc) is 3.19. The van der Waals surface area contributed by atoms with Crippen LogP contribution in [0.1, 0.15) is 15.9 Å². The lowest BCUT2D eigenvalue weighted by Crippen LogP contribution is -2.20. The smallest absolute Gasteiger partial charge is 0.259 e. The number of benzene rings is 2. The van der Waals surface area contributed by atoms with Gasteiger partial charge in [0, 0.05) is 17.3 Å². The van der Waals surface area contributed by atoms with Gasteiger partial charge in [0.15, 0.2) is 5.78 Å². The molecule has 0 saturated carbocycles. The standard InChI is InChI=1S/C21H17NO3S/c1-25-18-9-5-8-17(13-18)22-21(24)19(12-15-10-11-26-14-15)20(23)16-6-3-2-4-7-16/h2-14H,1H3,(H,22,24)/b19-12+. The van der Waals surface area contributed by atoms with Crippen molar-refractivity contribution in [1.29, 1.82) is 0 Å². The van der Waals surface area contributed by atoms with Crippen LogP contribution in [0, 0.1) is 0 Å². The van der Waals surface area contributed by atoms with Crippen LogP contribution in [-0.2, 0) is 4.79 Å². The van der Waals surface area contributed by atoms with E-state index in [1.165, 1.54) is 11.3 Å². The van der Waals surface area contributed by atoms with Gasteiger partial charge in [0.1, 0.15) is 5.75 Å². The molecule has 26 heavy (non-hydrogen) atoms. The van der Waals surface area contributed by atoms with Gasteiger partial charge in [-0.3, -0.25) is 9.59 Å². The molecule has 0 aliphatic carbocycles. The molecule has 0 aliphatic rings. The van der Waals surface area contributed by atoms with Crippen molar-refractivity contribution in [3.05, 3.63) is 88.1 Å². The van der Waals surface area contributed by atoms with Gasteiger partial charge in [0.2, 0.25) is 0 Å². The zero-order chi connectivity index (χ0) is 18.4. The highest BCUT2D eigenvalue weighted by molar-refractivity contribution is 7.08. The lowest BCUT2D eigenvalue weighted by Gasteiger charge is -2.10. The molecule has 4 nitrogen and oxygen atoms in total. The number of thiophene rings is 1. The summed E-state index contributed by atoms with van der Waals surface area (Å²) < 4.78 is 5.17. The van der Waals surface area contributed by atoms with Crippen molar-refractivity contribution in [2.24, 2.45) is 0 Å². The second-order valence-electron chi connectivity index (χ2n) is 5.50. The van der Waals surface area contributed by atoms with E-state index in [-0.39, 0.29) is 11.4 Å². The molecule has 5 heteroatoms. The van der Waals surface area contributed by atoms with Gasteiger partial charge in [-0.2, -0.15) is 11.3 Å². The predicted molar refractivity (Wildman–Crippen MR) is 105 cm³/mol. The van der Waals surface area contributed by atoms with Crippen LogP contribution in [0.2, 0.25) is 0 Å². The van der Waals surface area contributed by atoms with Crippen molar-refractivity contribution >= 4 is 34.8 Å². The quantitative estimate of drug-likeness (QED) is 0.300. The minimum atomic E-state index is -0.460. The van der Waals surface area contributed by atoms with Crippen molar-refractivity contribution in [3.8, 4) is 5.75 Å². The molecule has 0 aliphatic heterocycles. The number of Topliss-reactive ketones (excluding diaryl/α,β-unsaturated/α-hetero) is 1. The summed E-state index contributed by atoms with van der Waals surface area (Å²) in [6, 6.07) is 17.6. The van der Waals surface area contributed by atoms with E-state index in [1.54, 1.807) is 61.7 Å². The molecular formula is C21H17NO3S. The van der Waals surface area contributed by atoms with Crippen molar-refractivity contribution < 1.29 is 14.3 Å². The molecule has 0 atom stereocenters. The first-order valence-corrected chi connectivity index (χ1v) is 8.90. The number of rotatable bonds is 6. The molecule has 1 heterocycles. The van der Waals surface area contributed by atoms with Gasteiger partial charge < -0.3 is 10.1 Å². The summed E-state index contributed by atoms with van der Waals surface area (Å²) in [7, 11) is 1.56. The highest BCUT2D eigenvalue weighted by Gasteiger charge is 2.20. The van der Waals surface area contributed by atoms with Crippen molar-refractivity contribution in [3.63, 3.8) is 0 Å². The van der Waals surface area contributed by atoms with Gasteiger partial charge in [0.05, 0.1) is 12.7 Å². The molecule has 2 aromatic carbocycles. The summed E-state index contributed by atoms with van der Waals surface area (Å²) in [4.78, 5) is 25.7. The molecule has 3 aromatic rings. The number of hydrogen-bond donors (Lipinski definition) is 1. The first kappa shape index (κ1) is 17.6. The molecule has 0 saturated heterocycles. The molecule has 1 amide bonds. The van der Waals surface area contributed by atoms with Gasteiger partial charge in [-0.25, -0.2) is 0 Å². The third kappa shape index (κ3) is 4.26. The largest absolute Gasteiger partial charge is 0.497 e. The van der Waals surface area contributed by atoms with E-state index in [4.69, 9.17) is 4.74 Å². The van der Waals surface area contributed by atoms with Gasteiger partial charge >= 0.3 is 0 Å². The monoisotopic (exact) mass is 363 g/mol. The summed E-state index contributed by atoms with van der Waals surface area (Å²) >= 11 is 1.51. The Kier molecular flexibility index (Phi) is 5.61. The number of ketones is 1. The Morgan fingerprint density at radius 1 is 1.04 bits per heavy atom. The summed E-state index contributed by atoms with van der Waals surface area (Å²) in [6.45, 7) is 0. The zero-order valence-corrected chi connectivity index (χ0v) is 15.0. The molecule has 0 radical (unpaired) electrons. The van der Waals surface area contributed by atoms with Gasteiger partial charge in [0.25, 0.3) is 5.91 Å². The van der Waals surface area contributed by atoms with E-state index < -0.39 is 5.91 Å². The molecule has 1 aromatic heterocycles. The van der Waals surface area contributed by atoms with Crippen LogP contribution in [0.4, 0.5) is 5.69 Å². The van der Waals surface area contributed by atoms with E-state index in [0.717, 1.165) is 5.56 Å². The summed E-state index contributed by atoms with van der Waals surface area (Å²) in [5.74, 6) is -0.156. The Morgan fingerprint density at radius 2 is 1.85 bits per heavy atom. The fraction of sp³-hybridized carbons (Fsp3) is 0.0476. The van der Waals surface area contributed by atoms with Gasteiger partial charge in [-0.05, 0) is 40.6 Å². The zero-order valence-electron chi connectivity index (χ0n) is 14.1. The molecule has 3 rings (SSSR count). The molecule has 0 unspecified atom stereocenters. The maximum absolute atomic E-state index is 12.9. The van der Waals surface area contributed by atoms with Crippen LogP contribution < -0.4 is 10.1 Å². The highest BCUT2D eigenvalue weighted by atomic mass is 32.1. The molecule has 130 valence electrons. The van der Waals surface area contributed by atoms with E-state index in [0.29, 0.717) is 17.0 Å². The van der Waals surface area contributed by atoms with Gasteiger partial charge in [-0.1, -0.05) is 36.4 Å². The second-order valence-corrected chi connectivity index (χ2v) is 6.28. The Morgan fingerprint density at radius 3 is 2.54 bits per heavy atom. The molecule has 1 N–H and O–H groups in total. The minimum Gasteiger partial charge on any atom is -0.497 e. The van der Waals surface area contributed by atoms with Crippen LogP contribution in [0.15, 0.2) is 77.0 Å². The van der Waals surface area contributed by atoms with Crippen molar-refractivity contribution in [1.82, 2.24) is 0 Å². The fourth-order valence-electron chi connectivity index (χ4n) is 2.40. The molecular weight excluding hydrogens is 346 g/mol. The minimum absolute atomic E-state index is 0.0809. The average molecular weight is 363 g/mol. The number of methoxy groups -OCH3 is 1. The number of carbonyl (C=O) groups excluding carboxylic acids is 2. The van der Waals surface area contributed by atoms with E-state index >= 15 is 0 Å². The Balaban J connectivity index is 1.92. The summed E-state index contributed by atoms with van der Waals surface area (Å²) in [6.07, 6.45) is 1.61. The van der Waals surface area contributed by atoms with Crippen LogP contribution in [0.5, 0.6) is 5.75 Å². The van der Waals surface area contributed by atoms with Crippen LogP contribution in [0.25, 0.3) is 6.08 Å². The SMILES string of the molecule is COc1cccc(NC(=O)/C(=C/c2ccsc2)C(=O)c2ccccc2)c1. The number of carbonyl (C=O) groups is 2. The topological polar surface area (TPSA) is 55.4 Å². The van der Waals surface area contributed by atoms with Crippen molar-refractivity contribution in [2.45, 2.75) is 0 Å². The van der Waals surface area contributed by atoms with E-state index in [2.05, 4.69) is 5.32 Å². The lowest BCUT2D eigenvalue weighted by atomic mass is 10.0. The Hall–Kier alpha value is -3.18. The number of nitrogens with one attached hydrogen (secondary N) is 1. The lowest BCUT2D eigenvalue weighted by molar-refractivity contribution is -0.112. The maximum atomic E-state index is 12.9. The number of amides is 1. The van der Waals surface area contributed by atoms with Crippen LogP contribution in [0.3, 0.4) is 0 Å². The Bertz CT molecular complexity index is 931. The van der Waals surface area contributed by atoms with Crippen molar-refractivity contribution in [2.75, 3.05) is 12.4 Å². The van der Waals surface area contributed by atoms with Crippen LogP contribution >= 0.6 is 11.3 Å². The summed E-state index contributed by atoms with van der Waals surface area (Å²) in [5, 5.41) is 6.56. The molecule has 0 bridgehead atoms. The maximum Gasteiger partial charge on any atom is 0.259 e. The number of hydrogen-bond acceptors (Lipinski definition) is 4. The third-order valence-corrected chi connectivity index (χ3v) is 4.41.